The second-order valence-electron chi connectivity index (χ2n) is 8.62. The molecule has 0 amide bonds. The van der Waals surface area contributed by atoms with Crippen molar-refractivity contribution in [1.29, 1.82) is 0 Å². The van der Waals surface area contributed by atoms with Crippen LogP contribution in [-0.2, 0) is 19.0 Å². The molecule has 2 atom stereocenters. The maximum atomic E-state index is 12.6. The molecule has 2 fully saturated rings. The summed E-state index contributed by atoms with van der Waals surface area (Å²) >= 11 is 0. The molecule has 4 nitrogen and oxygen atoms in total. The van der Waals surface area contributed by atoms with Gasteiger partial charge in [-0.2, -0.15) is 0 Å². The third-order valence-corrected chi connectivity index (χ3v) is 5.77. The van der Waals surface area contributed by atoms with Gasteiger partial charge in [-0.25, -0.2) is 0 Å². The topological polar surface area (TPSA) is 44.8 Å². The number of rotatable bonds is 7. The van der Waals surface area contributed by atoms with Crippen molar-refractivity contribution in [2.45, 2.75) is 91.5 Å². The summed E-state index contributed by atoms with van der Waals surface area (Å²) in [5, 5.41) is 0. The van der Waals surface area contributed by atoms with Gasteiger partial charge in [-0.05, 0) is 38.0 Å². The van der Waals surface area contributed by atoms with Gasteiger partial charge in [0.2, 0.25) is 0 Å². The zero-order valence-electron chi connectivity index (χ0n) is 16.2. The van der Waals surface area contributed by atoms with Crippen LogP contribution in [0.2, 0.25) is 0 Å². The number of hydrogen-bond donors (Lipinski definition) is 0. The van der Waals surface area contributed by atoms with E-state index in [4.69, 9.17) is 14.2 Å². The minimum Gasteiger partial charge on any atom is -0.465 e. The molecule has 0 aromatic heterocycles. The van der Waals surface area contributed by atoms with E-state index in [1.54, 1.807) is 0 Å². The molecule has 0 aromatic rings. The largest absolute Gasteiger partial charge is 0.465 e. The first-order valence-corrected chi connectivity index (χ1v) is 9.76. The second kappa shape index (κ2) is 8.18. The summed E-state index contributed by atoms with van der Waals surface area (Å²) in [5.41, 5.74) is -0.411. The van der Waals surface area contributed by atoms with Gasteiger partial charge in [0.05, 0.1) is 24.7 Å². The number of hydrogen-bond acceptors (Lipinski definition) is 4. The van der Waals surface area contributed by atoms with Crippen LogP contribution in [0.1, 0.15) is 79.6 Å². The summed E-state index contributed by atoms with van der Waals surface area (Å²) in [6.07, 6.45) is 7.30. The van der Waals surface area contributed by atoms with E-state index in [0.717, 1.165) is 25.7 Å². The summed E-state index contributed by atoms with van der Waals surface area (Å²) in [6, 6.07) is 0. The third-order valence-electron chi connectivity index (χ3n) is 5.77. The van der Waals surface area contributed by atoms with E-state index in [-0.39, 0.29) is 23.8 Å². The van der Waals surface area contributed by atoms with Gasteiger partial charge in [-0.15, -0.1) is 0 Å². The molecular weight excluding hydrogens is 304 g/mol. The van der Waals surface area contributed by atoms with Crippen molar-refractivity contribution in [3.63, 3.8) is 0 Å². The SMILES string of the molecule is CC(C)CC(C)(C(=O)OCCC1COC2(CCCCC2)O1)C(C)C. The predicted molar refractivity (Wildman–Crippen MR) is 94.6 cm³/mol. The molecule has 1 aliphatic carbocycles. The molecule has 1 saturated heterocycles. The monoisotopic (exact) mass is 340 g/mol. The van der Waals surface area contributed by atoms with E-state index in [1.165, 1.54) is 19.3 Å². The zero-order valence-corrected chi connectivity index (χ0v) is 16.2. The van der Waals surface area contributed by atoms with Crippen LogP contribution in [0.25, 0.3) is 0 Å². The lowest BCUT2D eigenvalue weighted by Gasteiger charge is -2.33. The highest BCUT2D eigenvalue weighted by atomic mass is 16.7. The van der Waals surface area contributed by atoms with E-state index < -0.39 is 5.41 Å². The van der Waals surface area contributed by atoms with Crippen LogP contribution < -0.4 is 0 Å². The Kier molecular flexibility index (Phi) is 6.72. The molecule has 1 heterocycles. The molecule has 4 heteroatoms. The number of esters is 1. The molecule has 0 N–H and O–H groups in total. The summed E-state index contributed by atoms with van der Waals surface area (Å²) < 4.78 is 17.7. The van der Waals surface area contributed by atoms with Crippen molar-refractivity contribution in [3.8, 4) is 0 Å². The Labute approximate surface area is 147 Å². The van der Waals surface area contributed by atoms with Gasteiger partial charge < -0.3 is 14.2 Å². The van der Waals surface area contributed by atoms with Gasteiger partial charge in [0.25, 0.3) is 0 Å². The first-order valence-electron chi connectivity index (χ1n) is 9.76. The predicted octanol–water partition coefficient (Wildman–Crippen LogP) is 4.70. The van der Waals surface area contributed by atoms with Crippen LogP contribution in [0.5, 0.6) is 0 Å². The van der Waals surface area contributed by atoms with Crippen LogP contribution >= 0.6 is 0 Å². The van der Waals surface area contributed by atoms with Gasteiger partial charge in [-0.1, -0.05) is 34.1 Å². The Hall–Kier alpha value is -0.610. The molecular formula is C20H36O4. The molecule has 1 spiro atoms. The average Bonchev–Trinajstić information content (AvgIpc) is 2.89. The third kappa shape index (κ3) is 4.72. The molecule has 1 aliphatic heterocycles. The highest BCUT2D eigenvalue weighted by Crippen LogP contribution is 2.39. The van der Waals surface area contributed by atoms with Crippen LogP contribution in [0, 0.1) is 17.3 Å². The zero-order chi connectivity index (χ0) is 17.8. The fraction of sp³-hybridized carbons (Fsp3) is 0.950. The minimum atomic E-state index is -0.411. The van der Waals surface area contributed by atoms with Crippen LogP contribution in [-0.4, -0.2) is 31.1 Å². The fourth-order valence-corrected chi connectivity index (χ4v) is 3.96. The molecule has 0 radical (unpaired) electrons. The number of carbonyl (C=O) groups is 1. The molecule has 2 rings (SSSR count). The standard InChI is InChI=1S/C20H36O4/c1-15(2)13-19(5,16(3)4)18(21)22-12-9-17-14-23-20(24-17)10-7-6-8-11-20/h15-17H,6-14H2,1-5H3. The van der Waals surface area contributed by atoms with Crippen LogP contribution in [0.3, 0.4) is 0 Å². The molecule has 140 valence electrons. The Morgan fingerprint density at radius 3 is 2.46 bits per heavy atom. The average molecular weight is 341 g/mol. The van der Waals surface area contributed by atoms with E-state index in [0.29, 0.717) is 19.1 Å². The van der Waals surface area contributed by atoms with Gasteiger partial charge in [0.1, 0.15) is 0 Å². The lowest BCUT2D eigenvalue weighted by atomic mass is 9.73. The van der Waals surface area contributed by atoms with E-state index in [1.807, 2.05) is 6.92 Å². The van der Waals surface area contributed by atoms with Gasteiger partial charge in [0, 0.05) is 19.3 Å². The maximum absolute atomic E-state index is 12.6. The summed E-state index contributed by atoms with van der Waals surface area (Å²) in [6.45, 7) is 11.6. The van der Waals surface area contributed by atoms with E-state index in [2.05, 4.69) is 27.7 Å². The second-order valence-corrected chi connectivity index (χ2v) is 8.62. The van der Waals surface area contributed by atoms with Gasteiger partial charge in [0.15, 0.2) is 5.79 Å². The van der Waals surface area contributed by atoms with Crippen LogP contribution in [0.15, 0.2) is 0 Å². The first-order chi connectivity index (χ1) is 11.3. The smallest absolute Gasteiger partial charge is 0.312 e. The van der Waals surface area contributed by atoms with Crippen LogP contribution in [0.4, 0.5) is 0 Å². The van der Waals surface area contributed by atoms with Crippen molar-refractivity contribution in [2.24, 2.45) is 17.3 Å². The highest BCUT2D eigenvalue weighted by molar-refractivity contribution is 5.76. The lowest BCUT2D eigenvalue weighted by Crippen LogP contribution is -2.37. The maximum Gasteiger partial charge on any atom is 0.312 e. The minimum absolute atomic E-state index is 0.0614. The van der Waals surface area contributed by atoms with Crippen molar-refractivity contribution < 1.29 is 19.0 Å². The van der Waals surface area contributed by atoms with E-state index >= 15 is 0 Å². The highest BCUT2D eigenvalue weighted by Gasteiger charge is 2.42. The normalized spacial score (nSPS) is 26.0. The number of ether oxygens (including phenoxy) is 3. The molecule has 24 heavy (non-hydrogen) atoms. The van der Waals surface area contributed by atoms with E-state index in [9.17, 15) is 4.79 Å². The van der Waals surface area contributed by atoms with Gasteiger partial charge in [-0.3, -0.25) is 4.79 Å². The van der Waals surface area contributed by atoms with Gasteiger partial charge >= 0.3 is 5.97 Å². The lowest BCUT2D eigenvalue weighted by molar-refractivity contribution is -0.188. The molecule has 0 aromatic carbocycles. The first kappa shape index (κ1) is 19.7. The fourth-order valence-electron chi connectivity index (χ4n) is 3.96. The molecule has 2 aliphatic rings. The Bertz CT molecular complexity index is 412. The Balaban J connectivity index is 1.78. The summed E-state index contributed by atoms with van der Waals surface area (Å²) in [5.74, 6) is 0.334. The molecule has 0 bridgehead atoms. The Morgan fingerprint density at radius 1 is 1.21 bits per heavy atom. The van der Waals surface area contributed by atoms with Crippen molar-refractivity contribution >= 4 is 5.97 Å². The molecule has 2 unspecified atom stereocenters. The summed E-state index contributed by atoms with van der Waals surface area (Å²) in [7, 11) is 0. The summed E-state index contributed by atoms with van der Waals surface area (Å²) in [4.78, 5) is 12.6. The molecule has 1 saturated carbocycles. The van der Waals surface area contributed by atoms with Crippen molar-refractivity contribution in [1.82, 2.24) is 0 Å². The van der Waals surface area contributed by atoms with Crippen molar-refractivity contribution in [2.75, 3.05) is 13.2 Å². The Morgan fingerprint density at radius 2 is 1.88 bits per heavy atom. The quantitative estimate of drug-likeness (QED) is 0.630. The van der Waals surface area contributed by atoms with Crippen molar-refractivity contribution in [3.05, 3.63) is 0 Å². The number of carbonyl (C=O) groups excluding carboxylic acids is 1.